The number of hydrogen-bond donors (Lipinski definition) is 1. The molecule has 2 saturated heterocycles. The van der Waals surface area contributed by atoms with Gasteiger partial charge in [-0.2, -0.15) is 0 Å². The summed E-state index contributed by atoms with van der Waals surface area (Å²) in [4.78, 5) is 24.3. The molecule has 2 heterocycles. The molecule has 2 aliphatic heterocycles. The number of halogens is 1. The highest BCUT2D eigenvalue weighted by molar-refractivity contribution is 5.94. The minimum absolute atomic E-state index is 0. The summed E-state index contributed by atoms with van der Waals surface area (Å²) in [5.74, 6) is 1.09. The number of nitro benzene ring substituents is 1. The van der Waals surface area contributed by atoms with Crippen LogP contribution in [0.15, 0.2) is 24.3 Å². The summed E-state index contributed by atoms with van der Waals surface area (Å²) in [5.41, 5.74) is 0.539. The summed E-state index contributed by atoms with van der Waals surface area (Å²) in [6, 6.07) is 5.83. The highest BCUT2D eigenvalue weighted by atomic mass is 35.5. The molecule has 108 valence electrons. The summed E-state index contributed by atoms with van der Waals surface area (Å²) in [6.07, 6.45) is 0. The molecule has 1 amide bonds. The normalized spacial score (nSPS) is 24.1. The van der Waals surface area contributed by atoms with Crippen LogP contribution in [0.5, 0.6) is 0 Å². The van der Waals surface area contributed by atoms with Crippen LogP contribution in [0.2, 0.25) is 0 Å². The van der Waals surface area contributed by atoms with Crippen molar-refractivity contribution in [3.05, 3.63) is 39.9 Å². The van der Waals surface area contributed by atoms with Crippen molar-refractivity contribution in [2.24, 2.45) is 11.8 Å². The number of likely N-dealkylation sites (tertiary alicyclic amines) is 1. The summed E-state index contributed by atoms with van der Waals surface area (Å²) in [5, 5.41) is 13.9. The van der Waals surface area contributed by atoms with Gasteiger partial charge in [-0.25, -0.2) is 0 Å². The number of amides is 1. The molecule has 2 aliphatic rings. The minimum Gasteiger partial charge on any atom is -0.338 e. The van der Waals surface area contributed by atoms with E-state index in [0.29, 0.717) is 17.4 Å². The first kappa shape index (κ1) is 14.7. The lowest BCUT2D eigenvalue weighted by molar-refractivity contribution is -0.384. The number of nitro groups is 1. The molecule has 3 rings (SSSR count). The second-order valence-electron chi connectivity index (χ2n) is 5.19. The van der Waals surface area contributed by atoms with Crippen LogP contribution in [-0.4, -0.2) is 41.9 Å². The van der Waals surface area contributed by atoms with Gasteiger partial charge in [-0.3, -0.25) is 14.9 Å². The number of rotatable bonds is 2. The van der Waals surface area contributed by atoms with Crippen molar-refractivity contribution >= 4 is 24.0 Å². The SMILES string of the molecule is Cl.O=C(c1ccc([N+](=O)[O-])cc1)N1C[C@H]2CNC[C@H]2C1. The molecule has 1 N–H and O–H groups in total. The molecule has 2 atom stereocenters. The molecule has 7 heteroatoms. The largest absolute Gasteiger partial charge is 0.338 e. The van der Waals surface area contributed by atoms with E-state index in [4.69, 9.17) is 0 Å². The number of benzene rings is 1. The Hall–Kier alpha value is -1.66. The minimum atomic E-state index is -0.458. The molecule has 0 spiro atoms. The van der Waals surface area contributed by atoms with Crippen molar-refractivity contribution in [3.63, 3.8) is 0 Å². The molecule has 20 heavy (non-hydrogen) atoms. The van der Waals surface area contributed by atoms with Gasteiger partial charge in [-0.05, 0) is 24.0 Å². The van der Waals surface area contributed by atoms with E-state index in [-0.39, 0.29) is 24.0 Å². The maximum atomic E-state index is 12.3. The number of nitrogens with one attached hydrogen (secondary N) is 1. The lowest BCUT2D eigenvalue weighted by Crippen LogP contribution is -2.31. The number of carbonyl (C=O) groups excluding carboxylic acids is 1. The van der Waals surface area contributed by atoms with Crippen LogP contribution in [0.1, 0.15) is 10.4 Å². The van der Waals surface area contributed by atoms with Crippen molar-refractivity contribution in [3.8, 4) is 0 Å². The first-order valence-electron chi connectivity index (χ1n) is 6.39. The van der Waals surface area contributed by atoms with Crippen LogP contribution in [0.25, 0.3) is 0 Å². The van der Waals surface area contributed by atoms with E-state index < -0.39 is 4.92 Å². The summed E-state index contributed by atoms with van der Waals surface area (Å²) in [7, 11) is 0. The molecule has 0 radical (unpaired) electrons. The Morgan fingerprint density at radius 3 is 2.25 bits per heavy atom. The zero-order chi connectivity index (χ0) is 13.4. The predicted octanol–water partition coefficient (Wildman–Crippen LogP) is 1.31. The van der Waals surface area contributed by atoms with Gasteiger partial charge < -0.3 is 10.2 Å². The van der Waals surface area contributed by atoms with Gasteiger partial charge in [0.1, 0.15) is 0 Å². The first-order valence-corrected chi connectivity index (χ1v) is 6.39. The quantitative estimate of drug-likeness (QED) is 0.659. The molecule has 1 aromatic rings. The highest BCUT2D eigenvalue weighted by Crippen LogP contribution is 2.27. The zero-order valence-electron chi connectivity index (χ0n) is 10.8. The second-order valence-corrected chi connectivity index (χ2v) is 5.19. The van der Waals surface area contributed by atoms with Gasteiger partial charge in [0.2, 0.25) is 0 Å². The molecule has 0 aliphatic carbocycles. The van der Waals surface area contributed by atoms with Crippen LogP contribution >= 0.6 is 12.4 Å². The van der Waals surface area contributed by atoms with Crippen molar-refractivity contribution < 1.29 is 9.72 Å². The Bertz CT molecular complexity index is 508. The van der Waals surface area contributed by atoms with E-state index in [2.05, 4.69) is 5.32 Å². The van der Waals surface area contributed by atoms with E-state index in [1.165, 1.54) is 24.3 Å². The molecule has 0 bridgehead atoms. The Labute approximate surface area is 122 Å². The number of non-ortho nitro benzene ring substituents is 1. The fourth-order valence-electron chi connectivity index (χ4n) is 2.93. The second kappa shape index (κ2) is 5.76. The van der Waals surface area contributed by atoms with Crippen molar-refractivity contribution in [1.29, 1.82) is 0 Å². The maximum absolute atomic E-state index is 12.3. The average molecular weight is 298 g/mol. The van der Waals surface area contributed by atoms with Gasteiger partial charge in [0, 0.05) is 43.9 Å². The number of fused-ring (bicyclic) bond motifs is 1. The number of nitrogens with zero attached hydrogens (tertiary/aromatic N) is 2. The molecular weight excluding hydrogens is 282 g/mol. The maximum Gasteiger partial charge on any atom is 0.269 e. The third-order valence-electron chi connectivity index (χ3n) is 4.00. The monoisotopic (exact) mass is 297 g/mol. The predicted molar refractivity (Wildman–Crippen MR) is 76.1 cm³/mol. The molecular formula is C13H16ClN3O3. The van der Waals surface area contributed by atoms with Crippen molar-refractivity contribution in [2.75, 3.05) is 26.2 Å². The fourth-order valence-corrected chi connectivity index (χ4v) is 2.93. The van der Waals surface area contributed by atoms with Crippen molar-refractivity contribution in [2.45, 2.75) is 0 Å². The standard InChI is InChI=1S/C13H15N3O3.ClH/c17-13(9-1-3-12(4-2-9)16(18)19)15-7-10-5-14-6-11(10)8-15;/h1-4,10-11,14H,5-8H2;1H/t10-,11+;. The Morgan fingerprint density at radius 2 is 1.75 bits per heavy atom. The third kappa shape index (κ3) is 2.62. The van der Waals surface area contributed by atoms with Gasteiger partial charge in [-0.15, -0.1) is 12.4 Å². The van der Waals surface area contributed by atoms with Gasteiger partial charge in [-0.1, -0.05) is 0 Å². The lowest BCUT2D eigenvalue weighted by atomic mass is 10.0. The molecule has 2 fully saturated rings. The highest BCUT2D eigenvalue weighted by Gasteiger charge is 2.38. The summed E-state index contributed by atoms with van der Waals surface area (Å²) >= 11 is 0. The van der Waals surface area contributed by atoms with E-state index in [9.17, 15) is 14.9 Å². The average Bonchev–Trinajstić information content (AvgIpc) is 2.98. The lowest BCUT2D eigenvalue weighted by Gasteiger charge is -2.17. The molecule has 6 nitrogen and oxygen atoms in total. The van der Waals surface area contributed by atoms with Gasteiger partial charge in [0.15, 0.2) is 0 Å². The molecule has 1 aromatic carbocycles. The van der Waals surface area contributed by atoms with E-state index >= 15 is 0 Å². The first-order chi connectivity index (χ1) is 9.15. The Kier molecular flexibility index (Phi) is 4.25. The number of hydrogen-bond acceptors (Lipinski definition) is 4. The molecule has 0 aromatic heterocycles. The Morgan fingerprint density at radius 1 is 1.20 bits per heavy atom. The molecule has 0 saturated carbocycles. The molecule has 0 unspecified atom stereocenters. The zero-order valence-corrected chi connectivity index (χ0v) is 11.6. The van der Waals surface area contributed by atoms with Crippen LogP contribution in [0, 0.1) is 22.0 Å². The van der Waals surface area contributed by atoms with E-state index in [1.807, 2.05) is 4.90 Å². The van der Waals surface area contributed by atoms with E-state index in [0.717, 1.165) is 26.2 Å². The van der Waals surface area contributed by atoms with Crippen LogP contribution in [0.4, 0.5) is 5.69 Å². The van der Waals surface area contributed by atoms with Gasteiger partial charge in [0.05, 0.1) is 4.92 Å². The Balaban J connectivity index is 0.00000147. The topological polar surface area (TPSA) is 75.5 Å². The summed E-state index contributed by atoms with van der Waals surface area (Å²) in [6.45, 7) is 3.53. The van der Waals surface area contributed by atoms with Crippen LogP contribution < -0.4 is 5.32 Å². The van der Waals surface area contributed by atoms with Gasteiger partial charge in [0.25, 0.3) is 11.6 Å². The summed E-state index contributed by atoms with van der Waals surface area (Å²) < 4.78 is 0. The fraction of sp³-hybridized carbons (Fsp3) is 0.462. The smallest absolute Gasteiger partial charge is 0.269 e. The van der Waals surface area contributed by atoms with E-state index in [1.54, 1.807) is 0 Å². The van der Waals surface area contributed by atoms with Crippen LogP contribution in [0.3, 0.4) is 0 Å². The third-order valence-corrected chi connectivity index (χ3v) is 4.00. The number of carbonyl (C=O) groups is 1. The van der Waals surface area contributed by atoms with Gasteiger partial charge >= 0.3 is 0 Å². The van der Waals surface area contributed by atoms with Crippen LogP contribution in [-0.2, 0) is 0 Å². The van der Waals surface area contributed by atoms with Crippen molar-refractivity contribution in [1.82, 2.24) is 10.2 Å².